The van der Waals surface area contributed by atoms with Crippen LogP contribution >= 0.6 is 11.8 Å². The van der Waals surface area contributed by atoms with Crippen molar-refractivity contribution in [3.05, 3.63) is 53.6 Å². The molecule has 1 atom stereocenters. The summed E-state index contributed by atoms with van der Waals surface area (Å²) >= 11 is -0.148. The maximum absolute atomic E-state index is 12.4. The molecule has 0 saturated heterocycles. The molecule has 29 heavy (non-hydrogen) atoms. The minimum absolute atomic E-state index is 0.108. The Bertz CT molecular complexity index is 814. The van der Waals surface area contributed by atoms with Crippen molar-refractivity contribution in [3.8, 4) is 11.5 Å². The molecule has 158 valence electrons. The van der Waals surface area contributed by atoms with Crippen LogP contribution in [0.2, 0.25) is 0 Å². The third-order valence-electron chi connectivity index (χ3n) is 4.06. The van der Waals surface area contributed by atoms with Crippen molar-refractivity contribution in [3.63, 3.8) is 0 Å². The molecule has 0 aliphatic heterocycles. The Hall–Kier alpha value is -2.39. The fraction of sp³-hybridized carbons (Fsp3) is 0.350. The predicted octanol–water partition coefficient (Wildman–Crippen LogP) is 4.11. The van der Waals surface area contributed by atoms with Crippen molar-refractivity contribution in [1.82, 2.24) is 10.6 Å². The van der Waals surface area contributed by atoms with Crippen LogP contribution in [0, 0.1) is 0 Å². The number of alkyl halides is 3. The van der Waals surface area contributed by atoms with E-state index in [0.717, 1.165) is 11.1 Å². The fourth-order valence-corrected chi connectivity index (χ4v) is 3.03. The van der Waals surface area contributed by atoms with Gasteiger partial charge in [0, 0.05) is 30.1 Å². The number of hydrogen-bond donors (Lipinski definition) is 2. The highest BCUT2D eigenvalue weighted by Crippen LogP contribution is 2.36. The number of amides is 1. The summed E-state index contributed by atoms with van der Waals surface area (Å²) in [5.74, 6) is 1.07. The number of hydrogen-bond acceptors (Lipinski definition) is 5. The van der Waals surface area contributed by atoms with Crippen LogP contribution < -0.4 is 20.1 Å². The maximum atomic E-state index is 12.4. The summed E-state index contributed by atoms with van der Waals surface area (Å²) in [5.41, 5.74) is -2.69. The van der Waals surface area contributed by atoms with Gasteiger partial charge in [-0.1, -0.05) is 18.2 Å². The van der Waals surface area contributed by atoms with Crippen LogP contribution in [0.3, 0.4) is 0 Å². The van der Waals surface area contributed by atoms with Crippen molar-refractivity contribution in [2.24, 2.45) is 0 Å². The van der Waals surface area contributed by atoms with E-state index in [-0.39, 0.29) is 35.2 Å². The molecule has 0 aromatic heterocycles. The highest BCUT2D eigenvalue weighted by atomic mass is 32.2. The lowest BCUT2D eigenvalue weighted by atomic mass is 10.1. The first-order valence-electron chi connectivity index (χ1n) is 8.81. The van der Waals surface area contributed by atoms with E-state index < -0.39 is 5.51 Å². The molecule has 2 aromatic rings. The molecule has 9 heteroatoms. The number of likely N-dealkylation sites (N-methyl/N-ethyl adjacent to an activating group) is 1. The monoisotopic (exact) mass is 428 g/mol. The molecule has 2 aromatic carbocycles. The number of ether oxygens (including phenoxy) is 2. The summed E-state index contributed by atoms with van der Waals surface area (Å²) in [4.78, 5) is 11.7. The zero-order chi connectivity index (χ0) is 21.4. The zero-order valence-corrected chi connectivity index (χ0v) is 17.1. The van der Waals surface area contributed by atoms with Gasteiger partial charge < -0.3 is 20.1 Å². The van der Waals surface area contributed by atoms with Crippen molar-refractivity contribution in [1.29, 1.82) is 0 Å². The number of thioether (sulfide) groups is 1. The van der Waals surface area contributed by atoms with E-state index in [1.165, 1.54) is 12.1 Å². The average molecular weight is 428 g/mol. The first-order valence-corrected chi connectivity index (χ1v) is 9.63. The van der Waals surface area contributed by atoms with Crippen LogP contribution in [-0.2, 0) is 17.9 Å². The molecular weight excluding hydrogens is 405 g/mol. The Labute approximate surface area is 172 Å². The standard InChI is InChI=1S/C20H23F3N2O3S/c1-13(19(26)24-2)25-11-15-6-7-16(10-18(15)27-3)28-12-14-4-8-17(9-5-14)29-20(21,22)23/h4-10,13,25H,11-12H2,1-3H3,(H,24,26)/t13-/m0/s1. The second-order valence-corrected chi connectivity index (χ2v) is 7.31. The number of benzene rings is 2. The van der Waals surface area contributed by atoms with E-state index in [2.05, 4.69) is 10.6 Å². The second-order valence-electron chi connectivity index (χ2n) is 6.17. The molecule has 0 aliphatic carbocycles. The Morgan fingerprint density at radius 3 is 2.45 bits per heavy atom. The third kappa shape index (κ3) is 7.51. The quantitative estimate of drug-likeness (QED) is 0.589. The van der Waals surface area contributed by atoms with E-state index in [1.54, 1.807) is 45.3 Å². The number of halogens is 3. The van der Waals surface area contributed by atoms with Crippen LogP contribution in [0.15, 0.2) is 47.4 Å². The lowest BCUT2D eigenvalue weighted by Gasteiger charge is -2.15. The van der Waals surface area contributed by atoms with Crippen LogP contribution in [0.1, 0.15) is 18.1 Å². The van der Waals surface area contributed by atoms with E-state index >= 15 is 0 Å². The molecule has 0 unspecified atom stereocenters. The fourth-order valence-electron chi connectivity index (χ4n) is 2.49. The highest BCUT2D eigenvalue weighted by Gasteiger charge is 2.29. The molecule has 0 aliphatic rings. The van der Waals surface area contributed by atoms with Gasteiger partial charge in [-0.05, 0) is 42.4 Å². The van der Waals surface area contributed by atoms with Gasteiger partial charge >= 0.3 is 5.51 Å². The molecule has 0 saturated carbocycles. The first-order chi connectivity index (χ1) is 13.7. The van der Waals surface area contributed by atoms with Crippen molar-refractivity contribution in [2.45, 2.75) is 36.5 Å². The van der Waals surface area contributed by atoms with E-state index in [9.17, 15) is 18.0 Å². The van der Waals surface area contributed by atoms with Crippen molar-refractivity contribution < 1.29 is 27.4 Å². The van der Waals surface area contributed by atoms with Crippen LogP contribution in [0.4, 0.5) is 13.2 Å². The van der Waals surface area contributed by atoms with Gasteiger partial charge in [-0.25, -0.2) is 0 Å². The topological polar surface area (TPSA) is 59.6 Å². The van der Waals surface area contributed by atoms with Crippen LogP contribution in [0.25, 0.3) is 0 Å². The molecule has 0 fully saturated rings. The molecule has 5 nitrogen and oxygen atoms in total. The van der Waals surface area contributed by atoms with Crippen LogP contribution in [0.5, 0.6) is 11.5 Å². The number of rotatable bonds is 9. The van der Waals surface area contributed by atoms with Gasteiger partial charge in [0.05, 0.1) is 13.2 Å². The van der Waals surface area contributed by atoms with Gasteiger partial charge in [-0.15, -0.1) is 0 Å². The largest absolute Gasteiger partial charge is 0.496 e. The molecule has 1 amide bonds. The summed E-state index contributed by atoms with van der Waals surface area (Å²) in [6, 6.07) is 11.0. The van der Waals surface area contributed by atoms with Gasteiger partial charge in [0.15, 0.2) is 0 Å². The molecule has 0 spiro atoms. The molecule has 0 radical (unpaired) electrons. The second kappa shape index (κ2) is 10.4. The van der Waals surface area contributed by atoms with E-state index in [4.69, 9.17) is 9.47 Å². The van der Waals surface area contributed by atoms with Gasteiger partial charge in [0.1, 0.15) is 18.1 Å². The minimum Gasteiger partial charge on any atom is -0.496 e. The van der Waals surface area contributed by atoms with Gasteiger partial charge in [0.2, 0.25) is 5.91 Å². The summed E-state index contributed by atoms with van der Waals surface area (Å²) in [7, 11) is 3.12. The Morgan fingerprint density at radius 2 is 1.86 bits per heavy atom. The van der Waals surface area contributed by atoms with Crippen molar-refractivity contribution in [2.75, 3.05) is 14.2 Å². The summed E-state index contributed by atoms with van der Waals surface area (Å²) < 4.78 is 48.2. The highest BCUT2D eigenvalue weighted by molar-refractivity contribution is 8.00. The number of methoxy groups -OCH3 is 1. The molecule has 0 bridgehead atoms. The molecule has 2 N–H and O–H groups in total. The lowest BCUT2D eigenvalue weighted by Crippen LogP contribution is -2.40. The Morgan fingerprint density at radius 1 is 1.17 bits per heavy atom. The van der Waals surface area contributed by atoms with Crippen LogP contribution in [-0.4, -0.2) is 31.6 Å². The average Bonchev–Trinajstić information content (AvgIpc) is 2.69. The Kier molecular flexibility index (Phi) is 8.21. The summed E-state index contributed by atoms with van der Waals surface area (Å²) in [6.07, 6.45) is 0. The minimum atomic E-state index is -4.30. The number of carbonyl (C=O) groups excluding carboxylic acids is 1. The van der Waals surface area contributed by atoms with Gasteiger partial charge in [-0.2, -0.15) is 13.2 Å². The third-order valence-corrected chi connectivity index (χ3v) is 4.80. The number of carbonyl (C=O) groups is 1. The van der Waals surface area contributed by atoms with Gasteiger partial charge in [-0.3, -0.25) is 4.79 Å². The lowest BCUT2D eigenvalue weighted by molar-refractivity contribution is -0.122. The predicted molar refractivity (Wildman–Crippen MR) is 106 cm³/mol. The zero-order valence-electron chi connectivity index (χ0n) is 16.3. The summed E-state index contributed by atoms with van der Waals surface area (Å²) in [5, 5.41) is 5.68. The molecular formula is C20H23F3N2O3S. The maximum Gasteiger partial charge on any atom is 0.446 e. The van der Waals surface area contributed by atoms with Gasteiger partial charge in [0.25, 0.3) is 0 Å². The molecule has 0 heterocycles. The van der Waals surface area contributed by atoms with E-state index in [0.29, 0.717) is 18.0 Å². The Balaban J connectivity index is 1.95. The SMILES string of the molecule is CNC(=O)[C@H](C)NCc1ccc(OCc2ccc(SC(F)(F)F)cc2)cc1OC. The summed E-state index contributed by atoms with van der Waals surface area (Å²) in [6.45, 7) is 2.42. The number of nitrogens with one attached hydrogen (secondary N) is 2. The molecule has 2 rings (SSSR count). The smallest absolute Gasteiger partial charge is 0.446 e. The van der Waals surface area contributed by atoms with Crippen molar-refractivity contribution >= 4 is 17.7 Å². The normalized spacial score (nSPS) is 12.3. The van der Waals surface area contributed by atoms with E-state index in [1.807, 2.05) is 6.07 Å². The first kappa shape index (κ1) is 22.9.